The molecule has 1 atom stereocenters. The molecular formula is C13H15NO2S2. The Morgan fingerprint density at radius 2 is 2.17 bits per heavy atom. The molecule has 1 unspecified atom stereocenters. The first-order valence-electron chi connectivity index (χ1n) is 5.62. The molecule has 0 spiro atoms. The summed E-state index contributed by atoms with van der Waals surface area (Å²) in [6, 6.07) is 7.94. The first-order chi connectivity index (χ1) is 8.58. The van der Waals surface area contributed by atoms with Gasteiger partial charge in [0.2, 0.25) is 0 Å². The Morgan fingerprint density at radius 1 is 1.50 bits per heavy atom. The average molecular weight is 281 g/mol. The maximum absolute atomic E-state index is 10.6. The van der Waals surface area contributed by atoms with Gasteiger partial charge in [0.1, 0.15) is 6.07 Å². The Balaban J connectivity index is 2.92. The van der Waals surface area contributed by atoms with Crippen molar-refractivity contribution in [2.75, 3.05) is 5.75 Å². The number of aliphatic carboxylic acids is 1. The van der Waals surface area contributed by atoms with Gasteiger partial charge in [-0.2, -0.15) is 5.26 Å². The normalized spacial score (nSPS) is 11.8. The van der Waals surface area contributed by atoms with Gasteiger partial charge in [0.25, 0.3) is 0 Å². The number of rotatable bonds is 6. The highest BCUT2D eigenvalue weighted by Crippen LogP contribution is 2.33. The third-order valence-electron chi connectivity index (χ3n) is 2.19. The quantitative estimate of drug-likeness (QED) is 0.807. The number of hydrogen-bond acceptors (Lipinski definition) is 4. The van der Waals surface area contributed by atoms with Crippen LogP contribution >= 0.6 is 23.5 Å². The Morgan fingerprint density at radius 3 is 2.72 bits per heavy atom. The fraction of sp³-hybridized carbons (Fsp3) is 0.385. The molecule has 96 valence electrons. The van der Waals surface area contributed by atoms with Gasteiger partial charge in [0.05, 0.1) is 12.0 Å². The Kier molecular flexibility index (Phi) is 6.10. The molecule has 18 heavy (non-hydrogen) atoms. The molecule has 5 heteroatoms. The molecule has 0 fully saturated rings. The zero-order valence-corrected chi connectivity index (χ0v) is 12.0. The SMILES string of the molecule is CCSc1cccc(SC(C)CC(=O)O)c1C#N. The molecule has 0 aliphatic carbocycles. The number of nitrogens with zero attached hydrogens (tertiary/aromatic N) is 1. The standard InChI is InChI=1S/C13H15NO2S2/c1-3-17-11-5-4-6-12(10(11)8-14)18-9(2)7-13(15)16/h4-6,9H,3,7H2,1-2H3,(H,15,16). The molecule has 3 nitrogen and oxygen atoms in total. The van der Waals surface area contributed by atoms with Crippen LogP contribution < -0.4 is 0 Å². The summed E-state index contributed by atoms with van der Waals surface area (Å²) in [6.45, 7) is 3.90. The highest BCUT2D eigenvalue weighted by Gasteiger charge is 2.14. The Bertz CT molecular complexity index is 469. The summed E-state index contributed by atoms with van der Waals surface area (Å²) < 4.78 is 0. The van der Waals surface area contributed by atoms with Gasteiger partial charge in [-0.3, -0.25) is 4.79 Å². The molecular weight excluding hydrogens is 266 g/mol. The van der Waals surface area contributed by atoms with Gasteiger partial charge in [-0.1, -0.05) is 19.9 Å². The topological polar surface area (TPSA) is 61.1 Å². The largest absolute Gasteiger partial charge is 0.481 e. The van der Waals surface area contributed by atoms with Crippen LogP contribution in [-0.4, -0.2) is 22.1 Å². The molecule has 0 amide bonds. The van der Waals surface area contributed by atoms with Crippen molar-refractivity contribution in [1.29, 1.82) is 5.26 Å². The van der Waals surface area contributed by atoms with Crippen molar-refractivity contribution < 1.29 is 9.90 Å². The first-order valence-corrected chi connectivity index (χ1v) is 7.49. The third-order valence-corrected chi connectivity index (χ3v) is 4.29. The lowest BCUT2D eigenvalue weighted by atomic mass is 10.2. The van der Waals surface area contributed by atoms with Crippen LogP contribution in [-0.2, 0) is 4.79 Å². The Labute approximate surface area is 116 Å². The fourth-order valence-electron chi connectivity index (χ4n) is 1.50. The summed E-state index contributed by atoms with van der Waals surface area (Å²) in [4.78, 5) is 12.5. The van der Waals surface area contributed by atoms with E-state index in [1.807, 2.05) is 32.0 Å². The number of thioether (sulfide) groups is 2. The van der Waals surface area contributed by atoms with Gasteiger partial charge < -0.3 is 5.11 Å². The lowest BCUT2D eigenvalue weighted by Gasteiger charge is -2.11. The van der Waals surface area contributed by atoms with Crippen LogP contribution in [0.4, 0.5) is 0 Å². The minimum atomic E-state index is -0.812. The number of carboxylic acids is 1. The highest BCUT2D eigenvalue weighted by molar-refractivity contribution is 8.00. The van der Waals surface area contributed by atoms with Crippen LogP contribution in [0.15, 0.2) is 28.0 Å². The molecule has 0 aliphatic heterocycles. The van der Waals surface area contributed by atoms with E-state index in [0.717, 1.165) is 15.5 Å². The van der Waals surface area contributed by atoms with Gasteiger partial charge in [-0.25, -0.2) is 0 Å². The van der Waals surface area contributed by atoms with Gasteiger partial charge in [-0.15, -0.1) is 23.5 Å². The van der Waals surface area contributed by atoms with Crippen molar-refractivity contribution in [1.82, 2.24) is 0 Å². The highest BCUT2D eigenvalue weighted by atomic mass is 32.2. The van der Waals surface area contributed by atoms with Crippen LogP contribution in [0.2, 0.25) is 0 Å². The summed E-state index contributed by atoms with van der Waals surface area (Å²) in [5.74, 6) is 0.0978. The number of hydrogen-bond donors (Lipinski definition) is 1. The third kappa shape index (κ3) is 4.28. The monoisotopic (exact) mass is 281 g/mol. The van der Waals surface area contributed by atoms with E-state index in [4.69, 9.17) is 5.11 Å². The van der Waals surface area contributed by atoms with E-state index in [1.165, 1.54) is 11.8 Å². The molecule has 1 aromatic rings. The second kappa shape index (κ2) is 7.34. The van der Waals surface area contributed by atoms with Gasteiger partial charge in [0.15, 0.2) is 0 Å². The molecule has 0 saturated carbocycles. The molecule has 1 N–H and O–H groups in total. The van der Waals surface area contributed by atoms with E-state index in [2.05, 4.69) is 6.07 Å². The van der Waals surface area contributed by atoms with E-state index in [1.54, 1.807) is 11.8 Å². The van der Waals surface area contributed by atoms with Gasteiger partial charge in [-0.05, 0) is 17.9 Å². The van der Waals surface area contributed by atoms with Crippen molar-refractivity contribution in [2.24, 2.45) is 0 Å². The average Bonchev–Trinajstić information content (AvgIpc) is 2.28. The maximum Gasteiger partial charge on any atom is 0.304 e. The predicted molar refractivity (Wildman–Crippen MR) is 75.1 cm³/mol. The van der Waals surface area contributed by atoms with Gasteiger partial charge >= 0.3 is 5.97 Å². The molecule has 0 radical (unpaired) electrons. The maximum atomic E-state index is 10.6. The summed E-state index contributed by atoms with van der Waals surface area (Å²) in [6.07, 6.45) is 0.0979. The second-order valence-corrected chi connectivity index (χ2v) is 6.49. The van der Waals surface area contributed by atoms with Crippen LogP contribution in [0.1, 0.15) is 25.8 Å². The molecule has 0 aliphatic rings. The number of carboxylic acid groups (broad SMARTS) is 1. The van der Waals surface area contributed by atoms with Crippen LogP contribution in [0.5, 0.6) is 0 Å². The predicted octanol–water partition coefficient (Wildman–Crippen LogP) is 3.63. The molecule has 1 rings (SSSR count). The van der Waals surface area contributed by atoms with E-state index < -0.39 is 5.97 Å². The summed E-state index contributed by atoms with van der Waals surface area (Å²) in [7, 11) is 0. The van der Waals surface area contributed by atoms with Crippen molar-refractivity contribution in [3.8, 4) is 6.07 Å². The van der Waals surface area contributed by atoms with E-state index >= 15 is 0 Å². The molecule has 0 bridgehead atoms. The number of nitriles is 1. The van der Waals surface area contributed by atoms with E-state index in [-0.39, 0.29) is 11.7 Å². The van der Waals surface area contributed by atoms with Crippen LogP contribution in [0, 0.1) is 11.3 Å². The molecule has 0 saturated heterocycles. The van der Waals surface area contributed by atoms with Crippen LogP contribution in [0.3, 0.4) is 0 Å². The van der Waals surface area contributed by atoms with E-state index in [9.17, 15) is 10.1 Å². The zero-order chi connectivity index (χ0) is 13.5. The molecule has 0 aromatic heterocycles. The first kappa shape index (κ1) is 14.9. The van der Waals surface area contributed by atoms with Crippen LogP contribution in [0.25, 0.3) is 0 Å². The minimum Gasteiger partial charge on any atom is -0.481 e. The van der Waals surface area contributed by atoms with Crippen molar-refractivity contribution in [2.45, 2.75) is 35.3 Å². The number of carbonyl (C=O) groups is 1. The van der Waals surface area contributed by atoms with Crippen molar-refractivity contribution in [3.05, 3.63) is 23.8 Å². The van der Waals surface area contributed by atoms with Crippen molar-refractivity contribution >= 4 is 29.5 Å². The van der Waals surface area contributed by atoms with E-state index in [0.29, 0.717) is 5.56 Å². The lowest BCUT2D eigenvalue weighted by Crippen LogP contribution is -2.05. The van der Waals surface area contributed by atoms with Gasteiger partial charge in [0, 0.05) is 15.0 Å². The smallest absolute Gasteiger partial charge is 0.304 e. The lowest BCUT2D eigenvalue weighted by molar-refractivity contribution is -0.136. The second-order valence-electron chi connectivity index (χ2n) is 3.70. The minimum absolute atomic E-state index is 0.0449. The fourth-order valence-corrected chi connectivity index (χ4v) is 3.44. The summed E-state index contributed by atoms with van der Waals surface area (Å²) >= 11 is 3.08. The molecule has 1 aromatic carbocycles. The van der Waals surface area contributed by atoms with Crippen molar-refractivity contribution in [3.63, 3.8) is 0 Å². The Hall–Kier alpha value is -1.12. The number of benzene rings is 1. The summed E-state index contributed by atoms with van der Waals surface area (Å²) in [5, 5.41) is 17.9. The zero-order valence-electron chi connectivity index (χ0n) is 10.3. The molecule has 0 heterocycles. The summed E-state index contributed by atoms with van der Waals surface area (Å²) in [5.41, 5.74) is 0.659.